The lowest BCUT2D eigenvalue weighted by atomic mass is 10.0. The highest BCUT2D eigenvalue weighted by atomic mass is 15.0. The second kappa shape index (κ2) is 5.78. The molecule has 0 aliphatic heterocycles. The summed E-state index contributed by atoms with van der Waals surface area (Å²) in [5.74, 6) is 0. The summed E-state index contributed by atoms with van der Waals surface area (Å²) in [7, 11) is 0. The molecular formula is C24H18N2. The molecule has 2 nitrogen and oxygen atoms in total. The third-order valence-electron chi connectivity index (χ3n) is 4.91. The number of rotatable bonds is 2. The smallest absolute Gasteiger partial charge is 0.0541 e. The van der Waals surface area contributed by atoms with E-state index in [4.69, 9.17) is 5.73 Å². The lowest BCUT2D eigenvalue weighted by Crippen LogP contribution is -1.92. The molecule has 124 valence electrons. The fourth-order valence-corrected chi connectivity index (χ4v) is 3.73. The first kappa shape index (κ1) is 14.8. The van der Waals surface area contributed by atoms with Gasteiger partial charge in [0.2, 0.25) is 0 Å². The van der Waals surface area contributed by atoms with Crippen molar-refractivity contribution in [2.75, 3.05) is 5.73 Å². The summed E-state index contributed by atoms with van der Waals surface area (Å²) in [4.78, 5) is 0. The van der Waals surface area contributed by atoms with E-state index in [0.717, 1.165) is 11.3 Å². The molecule has 0 saturated heterocycles. The molecule has 0 unspecified atom stereocenters. The SMILES string of the molecule is Nc1cccc(-c2ccc3c(c2)c2ccccc2n3-c2ccccc2)c1. The quantitative estimate of drug-likeness (QED) is 0.392. The van der Waals surface area contributed by atoms with E-state index in [1.165, 1.54) is 33.1 Å². The van der Waals surface area contributed by atoms with Crippen LogP contribution in [0.3, 0.4) is 0 Å². The van der Waals surface area contributed by atoms with Gasteiger partial charge in [0.1, 0.15) is 0 Å². The predicted octanol–water partition coefficient (Wildman–Crippen LogP) is 6.03. The third-order valence-corrected chi connectivity index (χ3v) is 4.91. The Morgan fingerprint density at radius 3 is 2.12 bits per heavy atom. The van der Waals surface area contributed by atoms with Gasteiger partial charge in [-0.1, -0.05) is 54.6 Å². The Balaban J connectivity index is 1.84. The van der Waals surface area contributed by atoms with Crippen molar-refractivity contribution < 1.29 is 0 Å². The van der Waals surface area contributed by atoms with E-state index in [1.54, 1.807) is 0 Å². The Kier molecular flexibility index (Phi) is 3.29. The molecule has 2 N–H and O–H groups in total. The minimum atomic E-state index is 0.786. The van der Waals surface area contributed by atoms with Crippen LogP contribution in [0.4, 0.5) is 5.69 Å². The molecule has 26 heavy (non-hydrogen) atoms. The number of nitrogens with zero attached hydrogens (tertiary/aromatic N) is 1. The molecule has 0 radical (unpaired) electrons. The molecule has 0 aliphatic rings. The average molecular weight is 334 g/mol. The Hall–Kier alpha value is -3.52. The number of hydrogen-bond donors (Lipinski definition) is 1. The van der Waals surface area contributed by atoms with Gasteiger partial charge in [0.25, 0.3) is 0 Å². The Labute approximate surface area is 152 Å². The highest BCUT2D eigenvalue weighted by molar-refractivity contribution is 6.10. The summed E-state index contributed by atoms with van der Waals surface area (Å²) in [5.41, 5.74) is 12.7. The Morgan fingerprint density at radius 2 is 1.27 bits per heavy atom. The van der Waals surface area contributed by atoms with Crippen molar-refractivity contribution in [1.82, 2.24) is 4.57 Å². The van der Waals surface area contributed by atoms with Crippen molar-refractivity contribution in [3.63, 3.8) is 0 Å². The number of hydrogen-bond acceptors (Lipinski definition) is 1. The number of aromatic nitrogens is 1. The zero-order valence-corrected chi connectivity index (χ0v) is 14.3. The minimum absolute atomic E-state index is 0.786. The minimum Gasteiger partial charge on any atom is -0.399 e. The molecule has 0 atom stereocenters. The van der Waals surface area contributed by atoms with E-state index in [2.05, 4.69) is 83.4 Å². The van der Waals surface area contributed by atoms with Gasteiger partial charge >= 0.3 is 0 Å². The maximum absolute atomic E-state index is 5.98. The van der Waals surface area contributed by atoms with Crippen LogP contribution >= 0.6 is 0 Å². The summed E-state index contributed by atoms with van der Waals surface area (Å²) in [5, 5.41) is 2.52. The van der Waals surface area contributed by atoms with Gasteiger partial charge in [-0.05, 0) is 53.6 Å². The van der Waals surface area contributed by atoms with Crippen molar-refractivity contribution in [2.24, 2.45) is 0 Å². The zero-order chi connectivity index (χ0) is 17.5. The third kappa shape index (κ3) is 2.27. The highest BCUT2D eigenvalue weighted by Crippen LogP contribution is 2.34. The van der Waals surface area contributed by atoms with E-state index >= 15 is 0 Å². The molecule has 0 spiro atoms. The van der Waals surface area contributed by atoms with Crippen molar-refractivity contribution in [3.8, 4) is 16.8 Å². The molecular weight excluding hydrogens is 316 g/mol. The van der Waals surface area contributed by atoms with Crippen LogP contribution in [0.25, 0.3) is 38.6 Å². The fourth-order valence-electron chi connectivity index (χ4n) is 3.73. The Bertz CT molecular complexity index is 1230. The topological polar surface area (TPSA) is 30.9 Å². The monoisotopic (exact) mass is 334 g/mol. The summed E-state index contributed by atoms with van der Waals surface area (Å²) >= 11 is 0. The summed E-state index contributed by atoms with van der Waals surface area (Å²) in [6.07, 6.45) is 0. The van der Waals surface area contributed by atoms with Gasteiger partial charge in [0.15, 0.2) is 0 Å². The fraction of sp³-hybridized carbons (Fsp3) is 0. The molecule has 1 heterocycles. The number of para-hydroxylation sites is 2. The van der Waals surface area contributed by atoms with Crippen molar-refractivity contribution >= 4 is 27.5 Å². The number of fused-ring (bicyclic) bond motifs is 3. The lowest BCUT2D eigenvalue weighted by Gasteiger charge is -2.08. The first-order valence-corrected chi connectivity index (χ1v) is 8.76. The largest absolute Gasteiger partial charge is 0.399 e. The average Bonchev–Trinajstić information content (AvgIpc) is 3.02. The van der Waals surface area contributed by atoms with Crippen LogP contribution in [-0.2, 0) is 0 Å². The van der Waals surface area contributed by atoms with E-state index in [-0.39, 0.29) is 0 Å². The van der Waals surface area contributed by atoms with Crippen LogP contribution in [-0.4, -0.2) is 4.57 Å². The Morgan fingerprint density at radius 1 is 0.538 bits per heavy atom. The lowest BCUT2D eigenvalue weighted by molar-refractivity contribution is 1.18. The van der Waals surface area contributed by atoms with Crippen LogP contribution in [0.15, 0.2) is 97.1 Å². The second-order valence-corrected chi connectivity index (χ2v) is 6.55. The van der Waals surface area contributed by atoms with Gasteiger partial charge in [-0.2, -0.15) is 0 Å². The molecule has 0 aliphatic carbocycles. The first-order valence-electron chi connectivity index (χ1n) is 8.76. The van der Waals surface area contributed by atoms with Gasteiger partial charge < -0.3 is 10.3 Å². The van der Waals surface area contributed by atoms with Crippen LogP contribution in [0.5, 0.6) is 0 Å². The normalized spacial score (nSPS) is 11.2. The van der Waals surface area contributed by atoms with Gasteiger partial charge in [0.05, 0.1) is 11.0 Å². The molecule has 0 bridgehead atoms. The van der Waals surface area contributed by atoms with Gasteiger partial charge in [-0.25, -0.2) is 0 Å². The second-order valence-electron chi connectivity index (χ2n) is 6.55. The maximum atomic E-state index is 5.98. The van der Waals surface area contributed by atoms with Crippen LogP contribution in [0.1, 0.15) is 0 Å². The molecule has 0 fully saturated rings. The van der Waals surface area contributed by atoms with E-state index in [9.17, 15) is 0 Å². The molecule has 0 saturated carbocycles. The molecule has 5 aromatic rings. The molecule has 1 aromatic heterocycles. The maximum Gasteiger partial charge on any atom is 0.0541 e. The summed E-state index contributed by atoms with van der Waals surface area (Å²) in [6.45, 7) is 0. The van der Waals surface area contributed by atoms with Crippen molar-refractivity contribution in [3.05, 3.63) is 97.1 Å². The van der Waals surface area contributed by atoms with Crippen LogP contribution < -0.4 is 5.73 Å². The van der Waals surface area contributed by atoms with Gasteiger partial charge in [-0.3, -0.25) is 0 Å². The number of nitrogens with two attached hydrogens (primary N) is 1. The number of nitrogen functional groups attached to an aromatic ring is 1. The molecule has 2 heteroatoms. The predicted molar refractivity (Wildman–Crippen MR) is 111 cm³/mol. The molecule has 4 aromatic carbocycles. The van der Waals surface area contributed by atoms with E-state index in [0.29, 0.717) is 0 Å². The van der Waals surface area contributed by atoms with Crippen LogP contribution in [0, 0.1) is 0 Å². The van der Waals surface area contributed by atoms with Crippen molar-refractivity contribution in [2.45, 2.75) is 0 Å². The van der Waals surface area contributed by atoms with Crippen LogP contribution in [0.2, 0.25) is 0 Å². The van der Waals surface area contributed by atoms with Crippen molar-refractivity contribution in [1.29, 1.82) is 0 Å². The summed E-state index contributed by atoms with van der Waals surface area (Å²) in [6, 6.07) is 33.8. The van der Waals surface area contributed by atoms with Gasteiger partial charge in [0, 0.05) is 22.1 Å². The first-order chi connectivity index (χ1) is 12.8. The van der Waals surface area contributed by atoms with E-state index in [1.807, 2.05) is 18.2 Å². The standard InChI is InChI=1S/C24H18N2/c25-19-8-6-7-17(15-19)18-13-14-24-22(16-18)21-11-4-5-12-23(21)26(24)20-9-2-1-3-10-20/h1-16H,25H2. The molecule has 0 amide bonds. The highest BCUT2D eigenvalue weighted by Gasteiger charge is 2.12. The zero-order valence-electron chi connectivity index (χ0n) is 14.3. The molecule has 5 rings (SSSR count). The van der Waals surface area contributed by atoms with Gasteiger partial charge in [-0.15, -0.1) is 0 Å². The number of benzene rings is 4. The summed E-state index contributed by atoms with van der Waals surface area (Å²) < 4.78 is 2.33. The van der Waals surface area contributed by atoms with E-state index < -0.39 is 0 Å². The number of anilines is 1.